The second-order valence-corrected chi connectivity index (χ2v) is 4.72. The van der Waals surface area contributed by atoms with Gasteiger partial charge in [0, 0.05) is 18.2 Å². The molecule has 3 heteroatoms. The molecule has 106 valence electrons. The van der Waals surface area contributed by atoms with Crippen molar-refractivity contribution >= 4 is 0 Å². The van der Waals surface area contributed by atoms with Gasteiger partial charge >= 0.3 is 0 Å². The van der Waals surface area contributed by atoms with Gasteiger partial charge < -0.3 is 15.2 Å². The van der Waals surface area contributed by atoms with E-state index in [1.807, 2.05) is 18.2 Å². The van der Waals surface area contributed by atoms with Crippen molar-refractivity contribution in [2.75, 3.05) is 20.3 Å². The molecular formula is C17H21NO2. The van der Waals surface area contributed by atoms with Crippen LogP contribution in [0.1, 0.15) is 18.5 Å². The van der Waals surface area contributed by atoms with E-state index in [0.717, 1.165) is 16.9 Å². The molecule has 0 spiro atoms. The quantitative estimate of drug-likeness (QED) is 0.848. The third-order valence-corrected chi connectivity index (χ3v) is 3.39. The van der Waals surface area contributed by atoms with Crippen LogP contribution < -0.4 is 10.1 Å². The largest absolute Gasteiger partial charge is 0.496 e. The number of nitrogens with one attached hydrogen (secondary N) is 1. The number of aliphatic hydroxyl groups excluding tert-OH is 1. The summed E-state index contributed by atoms with van der Waals surface area (Å²) in [4.78, 5) is 0. The first kappa shape index (κ1) is 14.6. The van der Waals surface area contributed by atoms with Crippen molar-refractivity contribution in [2.45, 2.75) is 13.0 Å². The van der Waals surface area contributed by atoms with Gasteiger partial charge in [0.1, 0.15) is 5.75 Å². The maximum absolute atomic E-state index is 8.84. The van der Waals surface area contributed by atoms with Crippen LogP contribution in [0.3, 0.4) is 0 Å². The Kier molecular flexibility index (Phi) is 5.16. The van der Waals surface area contributed by atoms with E-state index in [4.69, 9.17) is 9.84 Å². The average Bonchev–Trinajstić information content (AvgIpc) is 2.52. The Morgan fingerprint density at radius 3 is 2.45 bits per heavy atom. The minimum atomic E-state index is 0.156. The van der Waals surface area contributed by atoms with Gasteiger partial charge in [-0.2, -0.15) is 0 Å². The van der Waals surface area contributed by atoms with E-state index >= 15 is 0 Å². The van der Waals surface area contributed by atoms with Gasteiger partial charge in [0.25, 0.3) is 0 Å². The molecule has 0 aliphatic heterocycles. The van der Waals surface area contributed by atoms with Crippen molar-refractivity contribution < 1.29 is 9.84 Å². The van der Waals surface area contributed by atoms with Crippen LogP contribution in [0.5, 0.6) is 5.75 Å². The average molecular weight is 271 g/mol. The number of hydrogen-bond donors (Lipinski definition) is 2. The van der Waals surface area contributed by atoms with Gasteiger partial charge in [-0.15, -0.1) is 0 Å². The van der Waals surface area contributed by atoms with Crippen molar-refractivity contribution in [3.63, 3.8) is 0 Å². The van der Waals surface area contributed by atoms with Crippen LogP contribution in [0.15, 0.2) is 48.5 Å². The highest BCUT2D eigenvalue weighted by Gasteiger charge is 2.07. The Morgan fingerprint density at radius 2 is 1.80 bits per heavy atom. The van der Waals surface area contributed by atoms with E-state index in [9.17, 15) is 0 Å². The third kappa shape index (κ3) is 3.38. The Balaban J connectivity index is 2.19. The van der Waals surface area contributed by atoms with Crippen LogP contribution in [-0.2, 0) is 0 Å². The van der Waals surface area contributed by atoms with Gasteiger partial charge in [-0.25, -0.2) is 0 Å². The Morgan fingerprint density at radius 1 is 1.10 bits per heavy atom. The number of benzene rings is 2. The monoisotopic (exact) mass is 271 g/mol. The zero-order valence-electron chi connectivity index (χ0n) is 12.0. The summed E-state index contributed by atoms with van der Waals surface area (Å²) in [5, 5.41) is 12.1. The Labute approximate surface area is 120 Å². The van der Waals surface area contributed by atoms with Crippen molar-refractivity contribution in [2.24, 2.45) is 0 Å². The second kappa shape index (κ2) is 7.08. The smallest absolute Gasteiger partial charge is 0.126 e. The van der Waals surface area contributed by atoms with Gasteiger partial charge in [-0.05, 0) is 24.1 Å². The summed E-state index contributed by atoms with van der Waals surface area (Å²) >= 11 is 0. The van der Waals surface area contributed by atoms with E-state index in [1.54, 1.807) is 7.11 Å². The van der Waals surface area contributed by atoms with Crippen LogP contribution in [-0.4, -0.2) is 25.4 Å². The van der Waals surface area contributed by atoms with Crippen LogP contribution in [0, 0.1) is 0 Å². The Bertz CT molecular complexity index is 537. The maximum Gasteiger partial charge on any atom is 0.126 e. The van der Waals surface area contributed by atoms with Crippen LogP contribution in [0.4, 0.5) is 0 Å². The van der Waals surface area contributed by atoms with Gasteiger partial charge in [-0.1, -0.05) is 42.5 Å². The first-order valence-electron chi connectivity index (χ1n) is 6.84. The molecule has 2 rings (SSSR count). The molecule has 0 aliphatic rings. The van der Waals surface area contributed by atoms with Crippen LogP contribution in [0.2, 0.25) is 0 Å². The fraction of sp³-hybridized carbons (Fsp3) is 0.294. The predicted molar refractivity (Wildman–Crippen MR) is 81.9 cm³/mol. The zero-order chi connectivity index (χ0) is 14.4. The summed E-state index contributed by atoms with van der Waals surface area (Å²) < 4.78 is 5.39. The topological polar surface area (TPSA) is 41.5 Å². The normalized spacial score (nSPS) is 12.2. The van der Waals surface area contributed by atoms with Crippen LogP contribution in [0.25, 0.3) is 11.1 Å². The zero-order valence-corrected chi connectivity index (χ0v) is 12.0. The van der Waals surface area contributed by atoms with Crippen molar-refractivity contribution in [1.29, 1.82) is 0 Å². The molecular weight excluding hydrogens is 250 g/mol. The van der Waals surface area contributed by atoms with E-state index in [1.165, 1.54) is 5.56 Å². The molecule has 2 aromatic rings. The molecule has 0 saturated carbocycles. The highest BCUT2D eigenvalue weighted by Crippen LogP contribution is 2.30. The lowest BCUT2D eigenvalue weighted by molar-refractivity contribution is 0.286. The molecule has 0 heterocycles. The second-order valence-electron chi connectivity index (χ2n) is 4.72. The summed E-state index contributed by atoms with van der Waals surface area (Å²) in [6.45, 7) is 2.85. The standard InChI is InChI=1S/C17H21NO2/c1-13(18-11-12-19)14-7-9-15(10-8-14)16-5-3-4-6-17(16)20-2/h3-10,13,18-19H,11-12H2,1-2H3. The molecule has 0 amide bonds. The maximum atomic E-state index is 8.84. The lowest BCUT2D eigenvalue weighted by atomic mass is 10.0. The summed E-state index contributed by atoms with van der Waals surface area (Å²) in [5.74, 6) is 0.881. The van der Waals surface area contributed by atoms with Crippen molar-refractivity contribution in [1.82, 2.24) is 5.32 Å². The van der Waals surface area contributed by atoms with Crippen LogP contribution >= 0.6 is 0 Å². The van der Waals surface area contributed by atoms with E-state index in [-0.39, 0.29) is 12.6 Å². The molecule has 0 radical (unpaired) electrons. The van der Waals surface area contributed by atoms with Gasteiger partial charge in [0.05, 0.1) is 13.7 Å². The molecule has 1 atom stereocenters. The Hall–Kier alpha value is -1.84. The highest BCUT2D eigenvalue weighted by molar-refractivity contribution is 5.70. The molecule has 0 aliphatic carbocycles. The van der Waals surface area contributed by atoms with Gasteiger partial charge in [0.15, 0.2) is 0 Å². The number of hydrogen-bond acceptors (Lipinski definition) is 3. The fourth-order valence-corrected chi connectivity index (χ4v) is 2.23. The van der Waals surface area contributed by atoms with Gasteiger partial charge in [-0.3, -0.25) is 0 Å². The number of methoxy groups -OCH3 is 1. The fourth-order valence-electron chi connectivity index (χ4n) is 2.23. The minimum absolute atomic E-state index is 0.156. The highest BCUT2D eigenvalue weighted by atomic mass is 16.5. The molecule has 20 heavy (non-hydrogen) atoms. The lowest BCUT2D eigenvalue weighted by Crippen LogP contribution is -2.21. The molecule has 1 unspecified atom stereocenters. The summed E-state index contributed by atoms with van der Waals surface area (Å²) in [6.07, 6.45) is 0. The van der Waals surface area contributed by atoms with E-state index in [2.05, 4.69) is 42.6 Å². The molecule has 0 aromatic heterocycles. The minimum Gasteiger partial charge on any atom is -0.496 e. The molecule has 2 aromatic carbocycles. The number of aliphatic hydroxyl groups is 1. The van der Waals surface area contributed by atoms with Crippen molar-refractivity contribution in [3.05, 3.63) is 54.1 Å². The van der Waals surface area contributed by atoms with Gasteiger partial charge in [0.2, 0.25) is 0 Å². The molecule has 0 saturated heterocycles. The number of rotatable bonds is 6. The first-order chi connectivity index (χ1) is 9.76. The van der Waals surface area contributed by atoms with Crippen molar-refractivity contribution in [3.8, 4) is 16.9 Å². The lowest BCUT2D eigenvalue weighted by Gasteiger charge is -2.14. The summed E-state index contributed by atoms with van der Waals surface area (Å²) in [5.41, 5.74) is 3.44. The number of ether oxygens (including phenoxy) is 1. The summed E-state index contributed by atoms with van der Waals surface area (Å²) in [7, 11) is 1.69. The summed E-state index contributed by atoms with van der Waals surface area (Å²) in [6, 6.07) is 16.7. The van der Waals surface area contributed by atoms with E-state index < -0.39 is 0 Å². The predicted octanol–water partition coefficient (Wildman–Crippen LogP) is 3.01. The first-order valence-corrected chi connectivity index (χ1v) is 6.84. The molecule has 0 fully saturated rings. The SMILES string of the molecule is COc1ccccc1-c1ccc(C(C)NCCO)cc1. The molecule has 3 nitrogen and oxygen atoms in total. The number of para-hydroxylation sites is 1. The molecule has 2 N–H and O–H groups in total. The third-order valence-electron chi connectivity index (χ3n) is 3.39. The van der Waals surface area contributed by atoms with E-state index in [0.29, 0.717) is 6.54 Å². The molecule has 0 bridgehead atoms.